The van der Waals surface area contributed by atoms with Gasteiger partial charge in [-0.1, -0.05) is 12.8 Å². The highest BCUT2D eigenvalue weighted by Gasteiger charge is 2.45. The molecule has 1 aliphatic heterocycles. The van der Waals surface area contributed by atoms with Crippen molar-refractivity contribution >= 4 is 0 Å². The fraction of sp³-hybridized carbons (Fsp3) is 1.00. The molecule has 1 spiro atoms. The summed E-state index contributed by atoms with van der Waals surface area (Å²) in [6.45, 7) is 0.822. The molecule has 0 bridgehead atoms. The lowest BCUT2D eigenvalue weighted by atomic mass is 9.79. The molecule has 0 aromatic heterocycles. The van der Waals surface area contributed by atoms with Crippen LogP contribution in [0.4, 0.5) is 0 Å². The molecule has 3 unspecified atom stereocenters. The first-order chi connectivity index (χ1) is 8.74. The monoisotopic (exact) mass is 254 g/mol. The second-order valence-electron chi connectivity index (χ2n) is 6.52. The van der Waals surface area contributed by atoms with Crippen LogP contribution in [0, 0.1) is 11.8 Å². The maximum atomic E-state index is 10.6. The Labute approximate surface area is 110 Å². The van der Waals surface area contributed by atoms with Gasteiger partial charge in [-0.25, -0.2) is 0 Å². The van der Waals surface area contributed by atoms with Gasteiger partial charge in [0.05, 0.1) is 17.8 Å². The zero-order chi connectivity index (χ0) is 12.6. The van der Waals surface area contributed by atoms with E-state index >= 15 is 0 Å². The van der Waals surface area contributed by atoms with Crippen LogP contribution in [-0.2, 0) is 9.47 Å². The summed E-state index contributed by atoms with van der Waals surface area (Å²) < 4.78 is 11.6. The van der Waals surface area contributed by atoms with Crippen LogP contribution in [0.25, 0.3) is 0 Å². The lowest BCUT2D eigenvalue weighted by molar-refractivity contribution is -0.135. The molecule has 0 amide bonds. The topological polar surface area (TPSA) is 38.7 Å². The number of hydrogen-bond donors (Lipinski definition) is 1. The summed E-state index contributed by atoms with van der Waals surface area (Å²) in [5.41, 5.74) is 0.103. The van der Waals surface area contributed by atoms with Crippen molar-refractivity contribution in [1.82, 2.24) is 0 Å². The van der Waals surface area contributed by atoms with Gasteiger partial charge >= 0.3 is 0 Å². The van der Waals surface area contributed by atoms with E-state index < -0.39 is 0 Å². The van der Waals surface area contributed by atoms with Crippen molar-refractivity contribution in [1.29, 1.82) is 0 Å². The normalized spacial score (nSPS) is 34.7. The Morgan fingerprint density at radius 1 is 1.17 bits per heavy atom. The van der Waals surface area contributed by atoms with Crippen LogP contribution in [0.15, 0.2) is 0 Å². The lowest BCUT2D eigenvalue weighted by Gasteiger charge is -2.41. The summed E-state index contributed by atoms with van der Waals surface area (Å²) in [6, 6.07) is 0. The molecule has 0 aromatic carbocycles. The second kappa shape index (κ2) is 5.10. The maximum absolute atomic E-state index is 10.6. The number of methoxy groups -OCH3 is 1. The van der Waals surface area contributed by atoms with Crippen molar-refractivity contribution < 1.29 is 14.6 Å². The van der Waals surface area contributed by atoms with Crippen molar-refractivity contribution in [3.63, 3.8) is 0 Å². The molecule has 2 saturated carbocycles. The van der Waals surface area contributed by atoms with Gasteiger partial charge in [-0.05, 0) is 50.4 Å². The highest BCUT2D eigenvalue weighted by Crippen LogP contribution is 2.45. The van der Waals surface area contributed by atoms with Gasteiger partial charge in [0.15, 0.2) is 0 Å². The summed E-state index contributed by atoms with van der Waals surface area (Å²) in [7, 11) is 1.75. The fourth-order valence-electron chi connectivity index (χ4n) is 4.03. The number of hydrogen-bond acceptors (Lipinski definition) is 3. The summed E-state index contributed by atoms with van der Waals surface area (Å²) in [5, 5.41) is 10.6. The molecule has 3 rings (SSSR count). The predicted molar refractivity (Wildman–Crippen MR) is 69.4 cm³/mol. The van der Waals surface area contributed by atoms with Gasteiger partial charge < -0.3 is 14.6 Å². The molecule has 1 heterocycles. The Morgan fingerprint density at radius 3 is 2.50 bits per heavy atom. The van der Waals surface area contributed by atoms with Gasteiger partial charge in [-0.15, -0.1) is 0 Å². The second-order valence-corrected chi connectivity index (χ2v) is 6.52. The summed E-state index contributed by atoms with van der Waals surface area (Å²) in [4.78, 5) is 0. The van der Waals surface area contributed by atoms with Gasteiger partial charge in [0.25, 0.3) is 0 Å². The fourth-order valence-corrected chi connectivity index (χ4v) is 4.03. The first-order valence-electron chi connectivity index (χ1n) is 7.59. The molecular weight excluding hydrogens is 228 g/mol. The van der Waals surface area contributed by atoms with Gasteiger partial charge in [0, 0.05) is 13.7 Å². The molecule has 3 aliphatic rings. The highest BCUT2D eigenvalue weighted by molar-refractivity contribution is 4.96. The number of aliphatic hydroxyl groups excluding tert-OH is 1. The van der Waals surface area contributed by atoms with Crippen LogP contribution >= 0.6 is 0 Å². The van der Waals surface area contributed by atoms with Crippen molar-refractivity contribution in [2.75, 3.05) is 13.7 Å². The van der Waals surface area contributed by atoms with Gasteiger partial charge in [0.1, 0.15) is 0 Å². The van der Waals surface area contributed by atoms with E-state index in [0.29, 0.717) is 11.8 Å². The zero-order valence-corrected chi connectivity index (χ0v) is 11.4. The predicted octanol–water partition coefficient (Wildman–Crippen LogP) is 2.51. The van der Waals surface area contributed by atoms with Crippen LogP contribution in [0.5, 0.6) is 0 Å². The summed E-state index contributed by atoms with van der Waals surface area (Å²) in [6.07, 6.45) is 9.23. The molecule has 3 nitrogen and oxygen atoms in total. The van der Waals surface area contributed by atoms with E-state index in [1.807, 2.05) is 0 Å². The molecule has 0 aromatic rings. The van der Waals surface area contributed by atoms with Crippen molar-refractivity contribution in [2.24, 2.45) is 11.8 Å². The third-order valence-electron chi connectivity index (χ3n) is 5.22. The third-order valence-corrected chi connectivity index (χ3v) is 5.22. The Kier molecular flexibility index (Phi) is 3.65. The maximum Gasteiger partial charge on any atom is 0.0860 e. The summed E-state index contributed by atoms with van der Waals surface area (Å²) in [5.74, 6) is 0.981. The highest BCUT2D eigenvalue weighted by atomic mass is 16.5. The van der Waals surface area contributed by atoms with E-state index in [1.54, 1.807) is 7.11 Å². The molecule has 1 saturated heterocycles. The van der Waals surface area contributed by atoms with Gasteiger partial charge in [-0.2, -0.15) is 0 Å². The largest absolute Gasteiger partial charge is 0.390 e. The van der Waals surface area contributed by atoms with E-state index in [4.69, 9.17) is 9.47 Å². The molecule has 3 fully saturated rings. The third kappa shape index (κ3) is 2.45. The van der Waals surface area contributed by atoms with E-state index in [2.05, 4.69) is 0 Å². The molecule has 104 valence electrons. The number of ether oxygens (including phenoxy) is 2. The first kappa shape index (κ1) is 12.9. The molecular formula is C15H26O3. The molecule has 3 atom stereocenters. The van der Waals surface area contributed by atoms with E-state index in [1.165, 1.54) is 38.5 Å². The minimum absolute atomic E-state index is 0.0616. The molecule has 3 heteroatoms. The Hall–Kier alpha value is -0.120. The first-order valence-corrected chi connectivity index (χ1v) is 7.59. The van der Waals surface area contributed by atoms with Crippen molar-refractivity contribution in [3.05, 3.63) is 0 Å². The van der Waals surface area contributed by atoms with E-state index in [9.17, 15) is 5.11 Å². The SMILES string of the molecule is COC(C1CC1)C(O)C1CCOC2(CCCC2)C1. The van der Waals surface area contributed by atoms with Crippen molar-refractivity contribution in [3.8, 4) is 0 Å². The van der Waals surface area contributed by atoms with Crippen LogP contribution in [0.3, 0.4) is 0 Å². The Bertz CT molecular complexity index is 281. The van der Waals surface area contributed by atoms with Gasteiger partial charge in [-0.3, -0.25) is 0 Å². The van der Waals surface area contributed by atoms with Gasteiger partial charge in [0.2, 0.25) is 0 Å². The van der Waals surface area contributed by atoms with Crippen LogP contribution in [0.2, 0.25) is 0 Å². The minimum atomic E-state index is -0.288. The molecule has 1 N–H and O–H groups in total. The Morgan fingerprint density at radius 2 is 1.89 bits per heavy atom. The van der Waals surface area contributed by atoms with E-state index in [0.717, 1.165) is 19.4 Å². The zero-order valence-electron chi connectivity index (χ0n) is 11.4. The van der Waals surface area contributed by atoms with E-state index in [-0.39, 0.29) is 17.8 Å². The minimum Gasteiger partial charge on any atom is -0.390 e. The number of aliphatic hydroxyl groups is 1. The lowest BCUT2D eigenvalue weighted by Crippen LogP contribution is -2.45. The quantitative estimate of drug-likeness (QED) is 0.838. The number of rotatable bonds is 4. The molecule has 18 heavy (non-hydrogen) atoms. The van der Waals surface area contributed by atoms with Crippen LogP contribution < -0.4 is 0 Å². The average molecular weight is 254 g/mol. The van der Waals surface area contributed by atoms with Crippen molar-refractivity contribution in [2.45, 2.75) is 69.2 Å². The Balaban J connectivity index is 1.63. The molecule has 2 aliphatic carbocycles. The summed E-state index contributed by atoms with van der Waals surface area (Å²) >= 11 is 0. The average Bonchev–Trinajstić information content (AvgIpc) is 3.13. The van der Waals surface area contributed by atoms with Crippen LogP contribution in [-0.4, -0.2) is 36.6 Å². The standard InChI is InChI=1S/C15H26O3/c1-17-14(11-4-5-11)13(16)12-6-9-18-15(10-12)7-2-3-8-15/h11-14,16H,2-10H2,1H3. The molecule has 0 radical (unpaired) electrons. The van der Waals surface area contributed by atoms with Crippen LogP contribution in [0.1, 0.15) is 51.4 Å². The smallest absolute Gasteiger partial charge is 0.0860 e.